The summed E-state index contributed by atoms with van der Waals surface area (Å²) in [7, 11) is -4.23. The van der Waals surface area contributed by atoms with E-state index in [1.807, 2.05) is 48.5 Å². The predicted octanol–water partition coefficient (Wildman–Crippen LogP) is 7.22. The maximum absolute atomic E-state index is 14.5. The van der Waals surface area contributed by atoms with Gasteiger partial charge in [0.15, 0.2) is 0 Å². The van der Waals surface area contributed by atoms with Crippen molar-refractivity contribution in [2.75, 3.05) is 11.5 Å². The van der Waals surface area contributed by atoms with Crippen molar-refractivity contribution in [1.82, 2.24) is 0 Å². The van der Waals surface area contributed by atoms with Crippen LogP contribution in [0.2, 0.25) is 11.4 Å². The molecule has 0 saturated carbocycles. The Morgan fingerprint density at radius 1 is 0.966 bits per heavy atom. The fourth-order valence-electron chi connectivity index (χ4n) is 9.52. The second-order valence-electron chi connectivity index (χ2n) is 16.6. The molecule has 3 aromatic carbocycles. The molecule has 11 nitrogen and oxygen atoms in total. The van der Waals surface area contributed by atoms with Crippen LogP contribution in [0.5, 0.6) is 0 Å². The van der Waals surface area contributed by atoms with Gasteiger partial charge in [-0.15, -0.1) is 0 Å². The molecule has 2 fully saturated rings. The van der Waals surface area contributed by atoms with Crippen molar-refractivity contribution in [1.29, 1.82) is 0 Å². The monoisotopic (exact) mass is 802 g/mol. The van der Waals surface area contributed by atoms with Crippen LogP contribution >= 0.6 is 0 Å². The Labute approximate surface area is 340 Å². The molecule has 13 heteroatoms. The van der Waals surface area contributed by atoms with Crippen molar-refractivity contribution in [2.24, 2.45) is 17.8 Å². The Balaban J connectivity index is 1.31. The van der Waals surface area contributed by atoms with Gasteiger partial charge in [-0.25, -0.2) is 4.90 Å². The number of imide groups is 1. The van der Waals surface area contributed by atoms with Crippen molar-refractivity contribution < 1.29 is 38.1 Å². The number of nitro benzene ring substituents is 1. The Bertz CT molecular complexity index is 2160. The molecule has 3 aliphatic rings. The van der Waals surface area contributed by atoms with E-state index in [1.54, 1.807) is 12.1 Å². The summed E-state index contributed by atoms with van der Waals surface area (Å²) in [6.07, 6.45) is 4.58. The average Bonchev–Trinajstić information content (AvgIpc) is 3.77. The van der Waals surface area contributed by atoms with Gasteiger partial charge in [-0.05, 0) is 88.8 Å². The Hall–Kier alpha value is -4.92. The molecule has 58 heavy (non-hydrogen) atoms. The minimum Gasteiger partial charge on any atom is -0.459 e. The molecule has 2 aliphatic heterocycles. The smallest absolute Gasteiger partial charge is 0.455 e. The number of anilines is 1. The van der Waals surface area contributed by atoms with E-state index in [9.17, 15) is 29.8 Å². The molecular weight excluding hydrogens is 751 g/mol. The summed E-state index contributed by atoms with van der Waals surface area (Å²) in [4.78, 5) is 41.3. The lowest BCUT2D eigenvalue weighted by Gasteiger charge is -2.46. The van der Waals surface area contributed by atoms with E-state index in [1.165, 1.54) is 18.2 Å². The number of rotatable bonds is 14. The number of hydrogen-bond acceptors (Lipinski definition) is 9. The lowest BCUT2D eigenvalue weighted by Crippen LogP contribution is -2.66. The first-order valence-electron chi connectivity index (χ1n) is 20.2. The summed E-state index contributed by atoms with van der Waals surface area (Å²) < 4.78 is 19.7. The predicted molar refractivity (Wildman–Crippen MR) is 226 cm³/mol. The zero-order chi connectivity index (χ0) is 41.2. The van der Waals surface area contributed by atoms with Gasteiger partial charge < -0.3 is 23.6 Å². The summed E-state index contributed by atoms with van der Waals surface area (Å²) in [5.74, 6) is -1.78. The van der Waals surface area contributed by atoms with Crippen molar-refractivity contribution in [3.8, 4) is 0 Å². The van der Waals surface area contributed by atoms with Crippen molar-refractivity contribution in [3.63, 3.8) is 0 Å². The van der Waals surface area contributed by atoms with Gasteiger partial charge in [0.2, 0.25) is 11.8 Å². The molecule has 0 radical (unpaired) electrons. The van der Waals surface area contributed by atoms with E-state index in [-0.39, 0.29) is 42.4 Å². The van der Waals surface area contributed by atoms with Gasteiger partial charge in [-0.1, -0.05) is 106 Å². The van der Waals surface area contributed by atoms with Crippen LogP contribution in [0.25, 0.3) is 6.08 Å². The molecule has 302 valence electrons. The minimum absolute atomic E-state index is 0.117. The summed E-state index contributed by atoms with van der Waals surface area (Å²) >= 11 is 0. The lowest BCUT2D eigenvalue weighted by molar-refractivity contribution is -0.384. The van der Waals surface area contributed by atoms with E-state index >= 15 is 0 Å². The quantitative estimate of drug-likeness (QED) is 0.0443. The van der Waals surface area contributed by atoms with Crippen LogP contribution in [0.15, 0.2) is 118 Å². The second-order valence-corrected chi connectivity index (χ2v) is 20.9. The molecular formula is C45H51BN2O9Si. The third kappa shape index (κ3) is 7.93. The number of aliphatic hydroxyl groups is 1. The van der Waals surface area contributed by atoms with Crippen molar-refractivity contribution in [2.45, 2.75) is 83.9 Å². The molecule has 2 N–H and O–H groups in total. The normalized spacial score (nSPS) is 21.4. The highest BCUT2D eigenvalue weighted by Crippen LogP contribution is 2.52. The molecule has 0 bridgehead atoms. The van der Waals surface area contributed by atoms with Crippen molar-refractivity contribution in [3.05, 3.63) is 135 Å². The maximum Gasteiger partial charge on any atom is 0.455 e. The summed E-state index contributed by atoms with van der Waals surface area (Å²) in [6.45, 7) is 8.72. The van der Waals surface area contributed by atoms with Gasteiger partial charge in [0.05, 0.1) is 35.2 Å². The first-order chi connectivity index (χ1) is 27.9. The first-order valence-corrected chi connectivity index (χ1v) is 22.1. The highest BCUT2D eigenvalue weighted by molar-refractivity contribution is 6.99. The molecule has 7 rings (SSSR count). The largest absolute Gasteiger partial charge is 0.459 e. The molecule has 0 unspecified atom stereocenters. The third-order valence-electron chi connectivity index (χ3n) is 12.0. The Kier molecular flexibility index (Phi) is 12.2. The number of nitro groups is 1. The number of fused-ring (bicyclic) bond motifs is 3. The number of nitrogens with zero attached hydrogens (tertiary/aromatic N) is 2. The van der Waals surface area contributed by atoms with E-state index < -0.39 is 56.0 Å². The first kappa shape index (κ1) is 41.2. The van der Waals surface area contributed by atoms with Gasteiger partial charge in [-0.2, -0.15) is 0 Å². The summed E-state index contributed by atoms with van der Waals surface area (Å²) in [5.41, 5.74) is 2.84. The third-order valence-corrected chi connectivity index (χ3v) is 17.0. The number of non-ortho nitro benzene ring substituents is 1. The molecule has 1 aromatic heterocycles. The summed E-state index contributed by atoms with van der Waals surface area (Å²) in [6, 6.07) is 29.8. The van der Waals surface area contributed by atoms with Gasteiger partial charge in [0.25, 0.3) is 14.0 Å². The number of furan rings is 1. The van der Waals surface area contributed by atoms with E-state index in [0.29, 0.717) is 24.4 Å². The van der Waals surface area contributed by atoms with Crippen LogP contribution in [-0.2, 0) is 25.3 Å². The van der Waals surface area contributed by atoms with Crippen LogP contribution in [0.1, 0.15) is 71.3 Å². The number of carbonyl (C=O) groups excluding carboxylic acids is 2. The van der Waals surface area contributed by atoms with E-state index in [2.05, 4.69) is 52.0 Å². The molecule has 2 amide bonds. The van der Waals surface area contributed by atoms with Crippen molar-refractivity contribution >= 4 is 55.1 Å². The molecule has 4 aromatic rings. The minimum atomic E-state index is -3.05. The zero-order valence-corrected chi connectivity index (χ0v) is 34.5. The molecule has 0 spiro atoms. The Morgan fingerprint density at radius 2 is 1.66 bits per heavy atom. The number of hydrogen-bond donors (Lipinski definition) is 2. The van der Waals surface area contributed by atoms with E-state index in [4.69, 9.17) is 13.5 Å². The van der Waals surface area contributed by atoms with Crippen LogP contribution < -0.4 is 15.3 Å². The zero-order valence-electron chi connectivity index (χ0n) is 33.5. The lowest BCUT2D eigenvalue weighted by atomic mass is 9.58. The maximum atomic E-state index is 14.5. The number of benzene rings is 3. The molecule has 1 aliphatic carbocycles. The fraction of sp³-hybridized carbons (Fsp3) is 0.378. The SMILES string of the molecule is CCC/C(=C\c1ccc(CO)o1)CC[C@H]1OB(O)C[C@H]2C1=C(CO[Si](c1ccccc1)(c1ccccc1)C(C)(C)C)C[C@H]1C(=O)N(c3cccc([N+](=O)[O-])c3)C(=O)[C@H]12. The van der Waals surface area contributed by atoms with Gasteiger partial charge in [0.1, 0.15) is 18.1 Å². The Morgan fingerprint density at radius 3 is 2.26 bits per heavy atom. The number of carbonyl (C=O) groups is 2. The van der Waals surface area contributed by atoms with Crippen LogP contribution in [0.4, 0.5) is 11.4 Å². The van der Waals surface area contributed by atoms with E-state index in [0.717, 1.165) is 44.8 Å². The average molecular weight is 803 g/mol. The fourth-order valence-corrected chi connectivity index (χ4v) is 14.1. The summed E-state index contributed by atoms with van der Waals surface area (Å²) in [5, 5.41) is 34.5. The standard InChI is InChI=1S/C45H51BN2O9Si/c1-5-13-30(24-34-21-22-35(28-49)56-34)20-23-40-41-31(29-55-58(45(2,3)4,36-16-8-6-9-17-36)37-18-10-7-11-19-37)25-38-42(39(41)27-46(52)57-40)44(51)47(43(38)50)32-14-12-15-33(26-32)48(53)54/h6-12,14-19,21-22,24,26,38-40,42,49,52H,5,13,20,23,25,27-29H2,1-4H3/b30-24+/t38-,39+,40-,42-/m1/s1. The molecule has 2 saturated heterocycles. The highest BCUT2D eigenvalue weighted by atomic mass is 28.4. The topological polar surface area (TPSA) is 153 Å². The number of allylic oxidation sites excluding steroid dienone is 1. The van der Waals surface area contributed by atoms with Crippen LogP contribution in [-0.4, -0.2) is 55.0 Å². The van der Waals surface area contributed by atoms with Gasteiger partial charge in [-0.3, -0.25) is 19.7 Å². The van der Waals surface area contributed by atoms with Crippen LogP contribution in [0.3, 0.4) is 0 Å². The number of amides is 2. The highest BCUT2D eigenvalue weighted by Gasteiger charge is 2.58. The molecule has 3 heterocycles. The van der Waals surface area contributed by atoms with Crippen LogP contribution in [0, 0.1) is 27.9 Å². The van der Waals surface area contributed by atoms with Gasteiger partial charge in [0, 0.05) is 12.1 Å². The van der Waals surface area contributed by atoms with Gasteiger partial charge >= 0.3 is 7.12 Å². The number of aliphatic hydroxyl groups excluding tert-OH is 1. The molecule has 4 atom stereocenters. The second kappa shape index (κ2) is 17.1.